The van der Waals surface area contributed by atoms with Crippen LogP contribution in [0.3, 0.4) is 0 Å². The normalized spacial score (nSPS) is 22.3. The molecule has 1 unspecified atom stereocenters. The number of carboxylic acid groups (broad SMARTS) is 1. The number of benzene rings is 1. The van der Waals surface area contributed by atoms with E-state index >= 15 is 0 Å². The van der Waals surface area contributed by atoms with Gasteiger partial charge in [-0.25, -0.2) is 17.9 Å². The molecule has 21 heavy (non-hydrogen) atoms. The molecule has 0 spiro atoms. The van der Waals surface area contributed by atoms with Crippen LogP contribution in [0.1, 0.15) is 22.3 Å². The van der Waals surface area contributed by atoms with Gasteiger partial charge in [-0.15, -0.1) is 0 Å². The van der Waals surface area contributed by atoms with Gasteiger partial charge in [0.15, 0.2) is 0 Å². The van der Waals surface area contributed by atoms with Gasteiger partial charge in [-0.2, -0.15) is 0 Å². The number of aliphatic hydroxyl groups is 1. The van der Waals surface area contributed by atoms with Gasteiger partial charge in [0.25, 0.3) is 0 Å². The predicted octanol–water partition coefficient (Wildman–Crippen LogP) is -0.0444. The van der Waals surface area contributed by atoms with Crippen LogP contribution in [-0.4, -0.2) is 50.0 Å². The molecule has 0 saturated carbocycles. The Bertz CT molecular complexity index is 621. The van der Waals surface area contributed by atoms with Crippen molar-refractivity contribution in [3.8, 4) is 0 Å². The van der Waals surface area contributed by atoms with Crippen molar-refractivity contribution in [1.82, 2.24) is 4.72 Å². The molecule has 3 N–H and O–H groups in total. The Kier molecular flexibility index (Phi) is 4.62. The first-order valence-corrected chi connectivity index (χ1v) is 8.05. The highest BCUT2D eigenvalue weighted by atomic mass is 32.2. The molecule has 0 bridgehead atoms. The van der Waals surface area contributed by atoms with Crippen molar-refractivity contribution in [3.63, 3.8) is 0 Å². The Balaban J connectivity index is 2.00. The van der Waals surface area contributed by atoms with Crippen LogP contribution in [0, 0.1) is 0 Å². The number of hydrogen-bond donors (Lipinski definition) is 3. The third-order valence-corrected chi connectivity index (χ3v) is 4.53. The maximum Gasteiger partial charge on any atom is 0.335 e. The van der Waals surface area contributed by atoms with E-state index in [4.69, 9.17) is 9.84 Å². The van der Waals surface area contributed by atoms with E-state index in [9.17, 15) is 18.3 Å². The lowest BCUT2D eigenvalue weighted by Crippen LogP contribution is -2.43. The molecule has 1 aliphatic rings. The SMILES string of the molecule is O=C(O)c1cccc(CS(=O)(=O)NCC2(O)CCOC2)c1. The third kappa shape index (κ3) is 4.50. The Labute approximate surface area is 122 Å². The predicted molar refractivity (Wildman–Crippen MR) is 74.4 cm³/mol. The molecule has 0 aromatic heterocycles. The molecule has 1 aromatic carbocycles. The summed E-state index contributed by atoms with van der Waals surface area (Å²) in [4.78, 5) is 10.8. The van der Waals surface area contributed by atoms with Gasteiger partial charge in [0.1, 0.15) is 5.60 Å². The third-order valence-electron chi connectivity index (χ3n) is 3.23. The maximum atomic E-state index is 12.0. The molecule has 8 heteroatoms. The van der Waals surface area contributed by atoms with E-state index in [1.165, 1.54) is 18.2 Å². The van der Waals surface area contributed by atoms with Crippen molar-refractivity contribution in [2.75, 3.05) is 19.8 Å². The number of aromatic carboxylic acids is 1. The van der Waals surface area contributed by atoms with Crippen molar-refractivity contribution in [3.05, 3.63) is 35.4 Å². The molecular formula is C13H17NO6S. The summed E-state index contributed by atoms with van der Waals surface area (Å²) in [6.07, 6.45) is 0.379. The zero-order valence-electron chi connectivity index (χ0n) is 11.3. The molecule has 1 aliphatic heterocycles. The summed E-state index contributed by atoms with van der Waals surface area (Å²) in [5.74, 6) is -1.45. The van der Waals surface area contributed by atoms with E-state index in [0.717, 1.165) is 0 Å². The second-order valence-electron chi connectivity index (χ2n) is 5.11. The van der Waals surface area contributed by atoms with E-state index in [2.05, 4.69) is 4.72 Å². The summed E-state index contributed by atoms with van der Waals surface area (Å²) in [5, 5.41) is 18.9. The molecule has 0 radical (unpaired) electrons. The maximum absolute atomic E-state index is 12.0. The van der Waals surface area contributed by atoms with Crippen LogP contribution in [0.15, 0.2) is 24.3 Å². The van der Waals surface area contributed by atoms with E-state index in [-0.39, 0.29) is 24.5 Å². The first kappa shape index (κ1) is 15.9. The van der Waals surface area contributed by atoms with Crippen molar-refractivity contribution in [1.29, 1.82) is 0 Å². The zero-order valence-corrected chi connectivity index (χ0v) is 12.1. The van der Waals surface area contributed by atoms with Crippen LogP contribution in [0.2, 0.25) is 0 Å². The Hall–Kier alpha value is -1.48. The summed E-state index contributed by atoms with van der Waals surface area (Å²) < 4.78 is 31.3. The highest BCUT2D eigenvalue weighted by Crippen LogP contribution is 2.17. The monoisotopic (exact) mass is 315 g/mol. The van der Waals surface area contributed by atoms with Gasteiger partial charge in [0.05, 0.1) is 17.9 Å². The first-order valence-electron chi connectivity index (χ1n) is 6.39. The van der Waals surface area contributed by atoms with Gasteiger partial charge in [0, 0.05) is 19.6 Å². The van der Waals surface area contributed by atoms with E-state index in [1.807, 2.05) is 0 Å². The molecule has 2 rings (SSSR count). The number of carboxylic acids is 1. The van der Waals surface area contributed by atoms with Crippen LogP contribution in [0.5, 0.6) is 0 Å². The zero-order chi connectivity index (χ0) is 15.5. The topological polar surface area (TPSA) is 113 Å². The highest BCUT2D eigenvalue weighted by Gasteiger charge is 2.33. The van der Waals surface area contributed by atoms with E-state index < -0.39 is 21.6 Å². The molecular weight excluding hydrogens is 298 g/mol. The number of sulfonamides is 1. The standard InChI is InChI=1S/C13H17NO6S/c15-12(16)11-3-1-2-10(6-11)7-21(18,19)14-8-13(17)4-5-20-9-13/h1-3,6,14,17H,4-5,7-9H2,(H,15,16). The highest BCUT2D eigenvalue weighted by molar-refractivity contribution is 7.88. The second kappa shape index (κ2) is 6.10. The van der Waals surface area contributed by atoms with Gasteiger partial charge in [-0.3, -0.25) is 0 Å². The molecule has 1 fully saturated rings. The van der Waals surface area contributed by atoms with Crippen LogP contribution >= 0.6 is 0 Å². The van der Waals surface area contributed by atoms with Crippen LogP contribution in [0.25, 0.3) is 0 Å². The fraction of sp³-hybridized carbons (Fsp3) is 0.462. The summed E-state index contributed by atoms with van der Waals surface area (Å²) in [5.41, 5.74) is -0.765. The number of nitrogens with one attached hydrogen (secondary N) is 1. The van der Waals surface area contributed by atoms with Crippen molar-refractivity contribution in [2.24, 2.45) is 0 Å². The smallest absolute Gasteiger partial charge is 0.335 e. The van der Waals surface area contributed by atoms with E-state index in [1.54, 1.807) is 6.07 Å². The van der Waals surface area contributed by atoms with Crippen molar-refractivity contribution >= 4 is 16.0 Å². The fourth-order valence-corrected chi connectivity index (χ4v) is 3.25. The van der Waals surface area contributed by atoms with Crippen molar-refractivity contribution in [2.45, 2.75) is 17.8 Å². The molecule has 1 atom stereocenters. The minimum Gasteiger partial charge on any atom is -0.478 e. The van der Waals surface area contributed by atoms with Crippen LogP contribution < -0.4 is 4.72 Å². The first-order chi connectivity index (χ1) is 9.80. The van der Waals surface area contributed by atoms with Gasteiger partial charge < -0.3 is 14.9 Å². The molecule has 0 aliphatic carbocycles. The number of rotatable bonds is 6. The quantitative estimate of drug-likeness (QED) is 0.679. The van der Waals surface area contributed by atoms with Crippen LogP contribution in [-0.2, 0) is 20.5 Å². The van der Waals surface area contributed by atoms with Crippen molar-refractivity contribution < 1.29 is 28.2 Å². The minimum atomic E-state index is -3.66. The average Bonchev–Trinajstić information content (AvgIpc) is 2.84. The Morgan fingerprint density at radius 3 is 2.81 bits per heavy atom. The molecule has 1 heterocycles. The fourth-order valence-electron chi connectivity index (χ4n) is 2.04. The molecule has 7 nitrogen and oxygen atoms in total. The molecule has 1 saturated heterocycles. The van der Waals surface area contributed by atoms with Crippen LogP contribution in [0.4, 0.5) is 0 Å². The average molecular weight is 315 g/mol. The Morgan fingerprint density at radius 2 is 2.19 bits per heavy atom. The van der Waals surface area contributed by atoms with Gasteiger partial charge in [0.2, 0.25) is 10.0 Å². The number of ether oxygens (including phenoxy) is 1. The lowest BCUT2D eigenvalue weighted by Gasteiger charge is -2.20. The van der Waals surface area contributed by atoms with Gasteiger partial charge >= 0.3 is 5.97 Å². The lowest BCUT2D eigenvalue weighted by molar-refractivity contribution is 0.0314. The second-order valence-corrected chi connectivity index (χ2v) is 6.92. The summed E-state index contributed by atoms with van der Waals surface area (Å²) in [6, 6.07) is 5.74. The molecule has 0 amide bonds. The summed E-state index contributed by atoms with van der Waals surface area (Å²) >= 11 is 0. The summed E-state index contributed by atoms with van der Waals surface area (Å²) in [6.45, 7) is 0.386. The summed E-state index contributed by atoms with van der Waals surface area (Å²) in [7, 11) is -3.66. The number of hydrogen-bond acceptors (Lipinski definition) is 5. The van der Waals surface area contributed by atoms with Gasteiger partial charge in [-0.05, 0) is 17.7 Å². The van der Waals surface area contributed by atoms with E-state index in [0.29, 0.717) is 18.6 Å². The molecule has 1 aromatic rings. The largest absolute Gasteiger partial charge is 0.478 e. The minimum absolute atomic E-state index is 0.0329. The Morgan fingerprint density at radius 1 is 1.43 bits per heavy atom. The molecule has 116 valence electrons. The van der Waals surface area contributed by atoms with Gasteiger partial charge in [-0.1, -0.05) is 12.1 Å². The lowest BCUT2D eigenvalue weighted by atomic mass is 10.1. The number of carbonyl (C=O) groups is 1.